The number of piperidine rings is 1. The molecule has 1 saturated heterocycles. The quantitative estimate of drug-likeness (QED) is 0.877. The molecular weight excluding hydrogens is 286 g/mol. The highest BCUT2D eigenvalue weighted by Crippen LogP contribution is 2.21. The number of urea groups is 1. The molecule has 0 aromatic heterocycles. The summed E-state index contributed by atoms with van der Waals surface area (Å²) >= 11 is 0. The molecule has 1 fully saturated rings. The molecule has 3 amide bonds. The molecule has 1 aromatic carbocycles. The minimum atomic E-state index is -0.997. The van der Waals surface area contributed by atoms with E-state index in [0.29, 0.717) is 19.5 Å². The summed E-state index contributed by atoms with van der Waals surface area (Å²) in [7, 11) is 1.52. The normalized spacial score (nSPS) is 21.4. The van der Waals surface area contributed by atoms with E-state index < -0.39 is 12.1 Å². The van der Waals surface area contributed by atoms with E-state index in [1.807, 2.05) is 30.3 Å². The van der Waals surface area contributed by atoms with E-state index in [2.05, 4.69) is 0 Å². The van der Waals surface area contributed by atoms with Crippen molar-refractivity contribution in [3.63, 3.8) is 0 Å². The number of primary amides is 1. The fourth-order valence-electron chi connectivity index (χ4n) is 2.80. The van der Waals surface area contributed by atoms with Crippen molar-refractivity contribution in [2.24, 2.45) is 5.73 Å². The first kappa shape index (κ1) is 16.1. The Morgan fingerprint density at radius 3 is 2.64 bits per heavy atom. The van der Waals surface area contributed by atoms with Crippen LogP contribution in [-0.4, -0.2) is 59.4 Å². The first-order chi connectivity index (χ1) is 10.5. The molecule has 1 aliphatic rings. The maximum atomic E-state index is 11.6. The number of methoxy groups -OCH3 is 1. The van der Waals surface area contributed by atoms with E-state index in [4.69, 9.17) is 10.5 Å². The van der Waals surface area contributed by atoms with Crippen LogP contribution in [0.1, 0.15) is 12.0 Å². The average Bonchev–Trinajstić information content (AvgIpc) is 2.52. The van der Waals surface area contributed by atoms with Gasteiger partial charge in [0.25, 0.3) is 0 Å². The lowest BCUT2D eigenvalue weighted by Gasteiger charge is -2.41. The van der Waals surface area contributed by atoms with Crippen LogP contribution in [0.2, 0.25) is 0 Å². The third-order valence-corrected chi connectivity index (χ3v) is 3.98. The second-order valence-electron chi connectivity index (χ2n) is 5.31. The Labute approximate surface area is 129 Å². The van der Waals surface area contributed by atoms with Gasteiger partial charge in [-0.05, 0) is 12.0 Å². The molecule has 1 heterocycles. The second kappa shape index (κ2) is 7.13. The van der Waals surface area contributed by atoms with Gasteiger partial charge < -0.3 is 20.5 Å². The van der Waals surface area contributed by atoms with E-state index in [1.165, 1.54) is 16.9 Å². The van der Waals surface area contributed by atoms with E-state index in [9.17, 15) is 14.7 Å². The van der Waals surface area contributed by atoms with Crippen molar-refractivity contribution in [2.75, 3.05) is 20.2 Å². The first-order valence-electron chi connectivity index (χ1n) is 7.13. The number of carbonyl (C=O) groups is 2. The van der Waals surface area contributed by atoms with Crippen LogP contribution in [-0.2, 0) is 11.3 Å². The van der Waals surface area contributed by atoms with Crippen molar-refractivity contribution in [1.29, 1.82) is 0 Å². The van der Waals surface area contributed by atoms with Gasteiger partial charge >= 0.3 is 12.1 Å². The van der Waals surface area contributed by atoms with Crippen molar-refractivity contribution in [3.05, 3.63) is 35.9 Å². The number of hydrogen-bond acceptors (Lipinski definition) is 3. The van der Waals surface area contributed by atoms with Gasteiger partial charge in [-0.2, -0.15) is 0 Å². The van der Waals surface area contributed by atoms with E-state index in [0.717, 1.165) is 5.56 Å². The molecular formula is C15H21N3O4. The monoisotopic (exact) mass is 307 g/mol. The number of carbonyl (C=O) groups excluding carboxylic acids is 1. The number of amides is 3. The summed E-state index contributed by atoms with van der Waals surface area (Å²) in [5, 5.41) is 9.54. The predicted octanol–water partition coefficient (Wildman–Crippen LogP) is 1.33. The number of carboxylic acid groups (broad SMARTS) is 1. The van der Waals surface area contributed by atoms with Gasteiger partial charge in [-0.15, -0.1) is 0 Å². The minimum Gasteiger partial charge on any atom is -0.465 e. The SMILES string of the molecule is CO[C@@H]1CN(C(N)=O)CC[C@@H]1N(Cc1ccccc1)C(=O)O. The highest BCUT2D eigenvalue weighted by molar-refractivity contribution is 5.72. The molecule has 2 atom stereocenters. The zero-order valence-corrected chi connectivity index (χ0v) is 12.5. The summed E-state index contributed by atoms with van der Waals surface area (Å²) in [6.45, 7) is 1.02. The highest BCUT2D eigenvalue weighted by Gasteiger charge is 2.36. The summed E-state index contributed by atoms with van der Waals surface area (Å²) in [6.07, 6.45) is -0.884. The molecule has 0 saturated carbocycles. The fourth-order valence-corrected chi connectivity index (χ4v) is 2.80. The molecule has 3 N–H and O–H groups in total. The smallest absolute Gasteiger partial charge is 0.407 e. The molecule has 0 spiro atoms. The lowest BCUT2D eigenvalue weighted by molar-refractivity contribution is -0.0238. The minimum absolute atomic E-state index is 0.289. The Morgan fingerprint density at radius 2 is 2.09 bits per heavy atom. The maximum absolute atomic E-state index is 11.6. The number of likely N-dealkylation sites (tertiary alicyclic amines) is 1. The van der Waals surface area contributed by atoms with E-state index >= 15 is 0 Å². The van der Waals surface area contributed by atoms with Crippen LogP contribution >= 0.6 is 0 Å². The van der Waals surface area contributed by atoms with Crippen LogP contribution in [0.3, 0.4) is 0 Å². The van der Waals surface area contributed by atoms with Gasteiger partial charge in [-0.3, -0.25) is 4.90 Å². The zero-order valence-electron chi connectivity index (χ0n) is 12.5. The molecule has 120 valence electrons. The summed E-state index contributed by atoms with van der Waals surface area (Å²) in [5.74, 6) is 0. The predicted molar refractivity (Wildman–Crippen MR) is 80.4 cm³/mol. The Kier molecular flexibility index (Phi) is 5.21. The van der Waals surface area contributed by atoms with Gasteiger partial charge in [0.15, 0.2) is 0 Å². The molecule has 7 heteroatoms. The lowest BCUT2D eigenvalue weighted by atomic mass is 9.99. The molecule has 1 aromatic rings. The van der Waals surface area contributed by atoms with Crippen LogP contribution in [0, 0.1) is 0 Å². The Balaban J connectivity index is 2.14. The van der Waals surface area contributed by atoms with Crippen LogP contribution in [0.5, 0.6) is 0 Å². The van der Waals surface area contributed by atoms with Crippen molar-refractivity contribution in [2.45, 2.75) is 25.1 Å². The molecule has 0 bridgehead atoms. The standard InChI is InChI=1S/C15H21N3O4/c1-22-13-10-17(14(16)19)8-7-12(13)18(15(20)21)9-11-5-3-2-4-6-11/h2-6,12-13H,7-10H2,1H3,(H2,16,19)(H,20,21)/t12-,13+/m0/s1. The highest BCUT2D eigenvalue weighted by atomic mass is 16.5. The summed E-state index contributed by atoms with van der Waals surface area (Å²) in [4.78, 5) is 25.8. The molecule has 2 rings (SSSR count). The Morgan fingerprint density at radius 1 is 1.41 bits per heavy atom. The molecule has 0 aliphatic carbocycles. The Bertz CT molecular complexity index is 523. The average molecular weight is 307 g/mol. The van der Waals surface area contributed by atoms with Gasteiger partial charge in [0, 0.05) is 20.2 Å². The van der Waals surface area contributed by atoms with Gasteiger partial charge in [0.1, 0.15) is 0 Å². The number of benzene rings is 1. The van der Waals surface area contributed by atoms with Crippen molar-refractivity contribution >= 4 is 12.1 Å². The van der Waals surface area contributed by atoms with E-state index in [-0.39, 0.29) is 18.7 Å². The Hall–Kier alpha value is -2.28. The third-order valence-electron chi connectivity index (χ3n) is 3.98. The largest absolute Gasteiger partial charge is 0.465 e. The summed E-state index contributed by atoms with van der Waals surface area (Å²) in [6, 6.07) is 8.59. The number of ether oxygens (including phenoxy) is 1. The van der Waals surface area contributed by atoms with Gasteiger partial charge in [-0.25, -0.2) is 9.59 Å². The van der Waals surface area contributed by atoms with Gasteiger partial charge in [-0.1, -0.05) is 30.3 Å². The molecule has 22 heavy (non-hydrogen) atoms. The van der Waals surface area contributed by atoms with Crippen LogP contribution in [0.25, 0.3) is 0 Å². The second-order valence-corrected chi connectivity index (χ2v) is 5.31. The lowest BCUT2D eigenvalue weighted by Crippen LogP contribution is -2.57. The van der Waals surface area contributed by atoms with E-state index in [1.54, 1.807) is 0 Å². The zero-order chi connectivity index (χ0) is 16.1. The van der Waals surface area contributed by atoms with Crippen molar-refractivity contribution < 1.29 is 19.4 Å². The van der Waals surface area contributed by atoms with Crippen molar-refractivity contribution in [3.8, 4) is 0 Å². The number of hydrogen-bond donors (Lipinski definition) is 2. The molecule has 7 nitrogen and oxygen atoms in total. The molecule has 0 unspecified atom stereocenters. The summed E-state index contributed by atoms with van der Waals surface area (Å²) < 4.78 is 5.40. The number of nitrogens with zero attached hydrogens (tertiary/aromatic N) is 2. The van der Waals surface area contributed by atoms with Crippen LogP contribution in [0.15, 0.2) is 30.3 Å². The van der Waals surface area contributed by atoms with Crippen LogP contribution < -0.4 is 5.73 Å². The topological polar surface area (TPSA) is 96.1 Å². The summed E-state index contributed by atoms with van der Waals surface area (Å²) in [5.41, 5.74) is 6.20. The van der Waals surface area contributed by atoms with Crippen LogP contribution in [0.4, 0.5) is 9.59 Å². The molecule has 1 aliphatic heterocycles. The first-order valence-corrected chi connectivity index (χ1v) is 7.13. The maximum Gasteiger partial charge on any atom is 0.407 e. The third kappa shape index (κ3) is 3.67. The molecule has 0 radical (unpaired) electrons. The number of rotatable bonds is 4. The van der Waals surface area contributed by atoms with Crippen molar-refractivity contribution in [1.82, 2.24) is 9.80 Å². The van der Waals surface area contributed by atoms with Gasteiger partial charge in [0.2, 0.25) is 0 Å². The number of nitrogens with two attached hydrogens (primary N) is 1. The fraction of sp³-hybridized carbons (Fsp3) is 0.467. The van der Waals surface area contributed by atoms with Gasteiger partial charge in [0.05, 0.1) is 18.7 Å².